The van der Waals surface area contributed by atoms with Crippen LogP contribution in [0.4, 0.5) is 0 Å². The van der Waals surface area contributed by atoms with E-state index in [2.05, 4.69) is 25.7 Å². The second kappa shape index (κ2) is 8.34. The Morgan fingerprint density at radius 3 is 2.76 bits per heavy atom. The second-order valence-electron chi connectivity index (χ2n) is 6.08. The molecule has 0 aliphatic carbocycles. The van der Waals surface area contributed by atoms with Crippen LogP contribution >= 0.6 is 0 Å². The smallest absolute Gasteiger partial charge is 0.269 e. The summed E-state index contributed by atoms with van der Waals surface area (Å²) in [5.41, 5.74) is 6.44. The van der Waals surface area contributed by atoms with E-state index in [1.807, 2.05) is 12.1 Å². The lowest BCUT2D eigenvalue weighted by Gasteiger charge is -2.31. The van der Waals surface area contributed by atoms with Crippen LogP contribution in [0.1, 0.15) is 34.8 Å². The first-order chi connectivity index (χ1) is 12.2. The number of rotatable bonds is 4. The van der Waals surface area contributed by atoms with Crippen molar-refractivity contribution < 1.29 is 9.59 Å². The Morgan fingerprint density at radius 2 is 2.00 bits per heavy atom. The molecule has 2 N–H and O–H groups in total. The molecular weight excluding hydrogens is 318 g/mol. The molecule has 1 aliphatic heterocycles. The van der Waals surface area contributed by atoms with Gasteiger partial charge in [-0.05, 0) is 37.6 Å². The summed E-state index contributed by atoms with van der Waals surface area (Å²) in [7, 11) is 0. The van der Waals surface area contributed by atoms with Crippen LogP contribution in [0, 0.1) is 0 Å². The molecule has 1 aromatic carbocycles. The van der Waals surface area contributed by atoms with Gasteiger partial charge in [-0.1, -0.05) is 18.2 Å². The van der Waals surface area contributed by atoms with E-state index in [1.54, 1.807) is 36.8 Å². The lowest BCUT2D eigenvalue weighted by Crippen LogP contribution is -2.48. The number of hydrogen-bond acceptors (Lipinski definition) is 5. The lowest BCUT2D eigenvalue weighted by atomic mass is 9.94. The molecule has 3 rings (SSSR count). The fourth-order valence-corrected chi connectivity index (χ4v) is 3.01. The number of nitrogens with zero attached hydrogens (tertiary/aromatic N) is 3. The summed E-state index contributed by atoms with van der Waals surface area (Å²) >= 11 is 0. The number of hydrogen-bond donors (Lipinski definition) is 2. The Hall–Kier alpha value is -2.80. The van der Waals surface area contributed by atoms with Crippen molar-refractivity contribution in [2.75, 3.05) is 19.6 Å². The second-order valence-corrected chi connectivity index (χ2v) is 6.08. The lowest BCUT2D eigenvalue weighted by molar-refractivity contribution is -0.123. The molecule has 0 radical (unpaired) electrons. The topological polar surface area (TPSA) is 87.2 Å². The summed E-state index contributed by atoms with van der Waals surface area (Å²) in [5, 5.41) is 0. The predicted molar refractivity (Wildman–Crippen MR) is 92.5 cm³/mol. The number of likely N-dealkylation sites (tertiary alicyclic amines) is 1. The molecule has 2 amide bonds. The number of hydrazine groups is 1. The van der Waals surface area contributed by atoms with Crippen LogP contribution in [0.5, 0.6) is 0 Å². The molecule has 1 aliphatic rings. The highest BCUT2D eigenvalue weighted by Gasteiger charge is 2.23. The molecule has 1 unspecified atom stereocenters. The van der Waals surface area contributed by atoms with E-state index >= 15 is 0 Å². The van der Waals surface area contributed by atoms with Gasteiger partial charge in [0, 0.05) is 29.9 Å². The summed E-state index contributed by atoms with van der Waals surface area (Å²) in [5.74, 6) is -0.248. The van der Waals surface area contributed by atoms with Gasteiger partial charge in [-0.15, -0.1) is 0 Å². The van der Waals surface area contributed by atoms with Gasteiger partial charge in [0.1, 0.15) is 6.33 Å². The molecule has 1 fully saturated rings. The molecule has 7 heteroatoms. The number of nitrogens with one attached hydrogen (secondary N) is 2. The highest BCUT2D eigenvalue weighted by atomic mass is 16.2. The Kier molecular flexibility index (Phi) is 5.69. The van der Waals surface area contributed by atoms with Crippen LogP contribution in [0.3, 0.4) is 0 Å². The summed E-state index contributed by atoms with van der Waals surface area (Å²) < 4.78 is 0. The molecule has 1 atom stereocenters. The molecule has 0 saturated carbocycles. The van der Waals surface area contributed by atoms with Crippen molar-refractivity contribution in [3.05, 3.63) is 60.2 Å². The van der Waals surface area contributed by atoms with Crippen LogP contribution in [-0.2, 0) is 4.79 Å². The van der Waals surface area contributed by atoms with Gasteiger partial charge in [-0.25, -0.2) is 9.97 Å². The third kappa shape index (κ3) is 4.84. The van der Waals surface area contributed by atoms with Crippen LogP contribution in [0.25, 0.3) is 0 Å². The highest BCUT2D eigenvalue weighted by molar-refractivity contribution is 5.95. The van der Waals surface area contributed by atoms with Crippen LogP contribution in [0.15, 0.2) is 48.9 Å². The number of carbonyl (C=O) groups excluding carboxylic acids is 2. The molecule has 0 bridgehead atoms. The fraction of sp³-hybridized carbons (Fsp3) is 0.333. The van der Waals surface area contributed by atoms with E-state index in [4.69, 9.17) is 0 Å². The zero-order valence-electron chi connectivity index (χ0n) is 13.9. The standard InChI is InChI=1S/C18H21N5O2/c24-17(21-22-18(25)14-5-2-1-3-6-14)12-23-10-4-7-15(11-23)16-8-9-19-13-20-16/h1-3,5-6,8-9,13,15H,4,7,10-12H2,(H,21,24)(H,22,25). The van der Waals surface area contributed by atoms with Gasteiger partial charge >= 0.3 is 0 Å². The van der Waals surface area contributed by atoms with Gasteiger partial charge in [-0.2, -0.15) is 0 Å². The quantitative estimate of drug-likeness (QED) is 0.815. The zero-order valence-corrected chi connectivity index (χ0v) is 13.9. The Balaban J connectivity index is 1.47. The maximum Gasteiger partial charge on any atom is 0.269 e. The normalized spacial score (nSPS) is 17.7. The van der Waals surface area contributed by atoms with Gasteiger partial charge in [-0.3, -0.25) is 25.3 Å². The Labute approximate surface area is 146 Å². The molecule has 2 aromatic rings. The van der Waals surface area contributed by atoms with Gasteiger partial charge in [0.05, 0.1) is 6.54 Å². The first kappa shape index (κ1) is 17.0. The van der Waals surface area contributed by atoms with Crippen molar-refractivity contribution in [2.24, 2.45) is 0 Å². The van der Waals surface area contributed by atoms with E-state index in [9.17, 15) is 9.59 Å². The van der Waals surface area contributed by atoms with Crippen molar-refractivity contribution in [1.82, 2.24) is 25.7 Å². The highest BCUT2D eigenvalue weighted by Crippen LogP contribution is 2.24. The Bertz CT molecular complexity index is 708. The van der Waals surface area contributed by atoms with Crippen LogP contribution in [0.2, 0.25) is 0 Å². The third-order valence-electron chi connectivity index (χ3n) is 4.25. The van der Waals surface area contributed by atoms with Gasteiger partial charge in [0.15, 0.2) is 0 Å². The van der Waals surface area contributed by atoms with E-state index in [0.717, 1.165) is 31.6 Å². The minimum atomic E-state index is -0.327. The SMILES string of the molecule is O=C(CN1CCCC(c2ccncn2)C1)NNC(=O)c1ccccc1. The van der Waals surface area contributed by atoms with Crippen molar-refractivity contribution >= 4 is 11.8 Å². The zero-order chi connectivity index (χ0) is 17.5. The minimum Gasteiger partial charge on any atom is -0.294 e. The molecule has 1 saturated heterocycles. The molecule has 0 spiro atoms. The number of piperidine rings is 1. The molecule has 130 valence electrons. The van der Waals surface area contributed by atoms with Crippen molar-refractivity contribution in [1.29, 1.82) is 0 Å². The fourth-order valence-electron chi connectivity index (χ4n) is 3.01. The molecular formula is C18H21N5O2. The summed E-state index contributed by atoms with van der Waals surface area (Å²) in [6.07, 6.45) is 5.37. The molecule has 7 nitrogen and oxygen atoms in total. The monoisotopic (exact) mass is 339 g/mol. The summed E-state index contributed by atoms with van der Waals surface area (Å²) in [4.78, 5) is 34.4. The maximum atomic E-state index is 12.1. The number of benzene rings is 1. The van der Waals surface area contributed by atoms with E-state index in [0.29, 0.717) is 11.5 Å². The number of amides is 2. The summed E-state index contributed by atoms with van der Waals surface area (Å²) in [6, 6.07) is 10.7. The molecule has 1 aromatic heterocycles. The average Bonchev–Trinajstić information content (AvgIpc) is 2.68. The minimum absolute atomic E-state index is 0.229. The van der Waals surface area contributed by atoms with E-state index < -0.39 is 0 Å². The first-order valence-corrected chi connectivity index (χ1v) is 8.35. The van der Waals surface area contributed by atoms with E-state index in [1.165, 1.54) is 0 Å². The van der Waals surface area contributed by atoms with Crippen molar-refractivity contribution in [2.45, 2.75) is 18.8 Å². The average molecular weight is 339 g/mol. The van der Waals surface area contributed by atoms with Crippen LogP contribution in [-0.4, -0.2) is 46.3 Å². The van der Waals surface area contributed by atoms with Gasteiger partial charge in [0.2, 0.25) is 0 Å². The Morgan fingerprint density at radius 1 is 1.16 bits per heavy atom. The predicted octanol–water partition coefficient (Wildman–Crippen LogP) is 1.12. The first-order valence-electron chi connectivity index (χ1n) is 8.35. The molecule has 25 heavy (non-hydrogen) atoms. The number of aromatic nitrogens is 2. The summed E-state index contributed by atoms with van der Waals surface area (Å²) in [6.45, 7) is 1.88. The van der Waals surface area contributed by atoms with Crippen LogP contribution < -0.4 is 10.9 Å². The van der Waals surface area contributed by atoms with Crippen molar-refractivity contribution in [3.8, 4) is 0 Å². The van der Waals surface area contributed by atoms with Gasteiger partial charge < -0.3 is 0 Å². The largest absolute Gasteiger partial charge is 0.294 e. The van der Waals surface area contributed by atoms with Gasteiger partial charge in [0.25, 0.3) is 11.8 Å². The third-order valence-corrected chi connectivity index (χ3v) is 4.25. The maximum absolute atomic E-state index is 12.1. The van der Waals surface area contributed by atoms with Crippen molar-refractivity contribution in [3.63, 3.8) is 0 Å². The molecule has 2 heterocycles. The number of carbonyl (C=O) groups is 2. The van der Waals surface area contributed by atoms with E-state index in [-0.39, 0.29) is 18.4 Å².